The van der Waals surface area contributed by atoms with E-state index in [2.05, 4.69) is 25.6 Å². The summed E-state index contributed by atoms with van der Waals surface area (Å²) in [5.74, 6) is -1.74. The normalized spacial score (nSPS) is 13.4. The Kier molecular flexibility index (Phi) is 14.1. The fourth-order valence-corrected chi connectivity index (χ4v) is 6.82. The fraction of sp³-hybridized carbons (Fsp3) is 0.178. The molecule has 2 amide bonds. The van der Waals surface area contributed by atoms with Gasteiger partial charge in [0.05, 0.1) is 70.7 Å². The number of pyridine rings is 3. The van der Waals surface area contributed by atoms with Crippen LogP contribution in [0.1, 0.15) is 52.7 Å². The topological polar surface area (TPSA) is 196 Å². The number of hydrogen-bond donors (Lipinski definition) is 4. The summed E-state index contributed by atoms with van der Waals surface area (Å²) < 4.78 is 38.2. The lowest BCUT2D eigenvalue weighted by atomic mass is 10.1. The summed E-state index contributed by atoms with van der Waals surface area (Å²) in [7, 11) is 0. The van der Waals surface area contributed by atoms with Crippen LogP contribution in [0, 0.1) is 11.6 Å². The maximum Gasteiger partial charge on any atom is 0.337 e. The lowest BCUT2D eigenvalue weighted by molar-refractivity contribution is 0.0685. The zero-order valence-electron chi connectivity index (χ0n) is 33.5. The van der Waals surface area contributed by atoms with E-state index in [1.807, 2.05) is 9.80 Å². The average molecular weight is 913 g/mol. The Morgan fingerprint density at radius 2 is 1.08 bits per heavy atom. The molecule has 3 aromatic carbocycles. The number of amides is 2. The number of nitrogens with one attached hydrogen (secondary N) is 2. The highest BCUT2D eigenvalue weighted by atomic mass is 35.5. The lowest BCUT2D eigenvalue weighted by Gasteiger charge is -2.40. The Balaban J connectivity index is 0.000000191. The van der Waals surface area contributed by atoms with E-state index in [4.69, 9.17) is 42.9 Å². The van der Waals surface area contributed by atoms with Crippen molar-refractivity contribution < 1.29 is 47.6 Å². The van der Waals surface area contributed by atoms with Crippen LogP contribution in [0.5, 0.6) is 11.5 Å². The lowest BCUT2D eigenvalue weighted by Crippen LogP contribution is -2.54. The maximum absolute atomic E-state index is 13.3. The molecule has 4 N–H and O–H groups in total. The summed E-state index contributed by atoms with van der Waals surface area (Å²) >= 11 is 12.1. The number of carbonyl (C=O) groups excluding carboxylic acids is 2. The van der Waals surface area contributed by atoms with Gasteiger partial charge in [-0.15, -0.1) is 0 Å². The van der Waals surface area contributed by atoms with E-state index >= 15 is 0 Å². The molecule has 0 saturated carbocycles. The van der Waals surface area contributed by atoms with Gasteiger partial charge in [-0.1, -0.05) is 47.5 Å². The molecule has 19 heteroatoms. The monoisotopic (exact) mass is 911 g/mol. The first kappa shape index (κ1) is 44.7. The van der Waals surface area contributed by atoms with Gasteiger partial charge in [0, 0.05) is 37.3 Å². The first-order valence-corrected chi connectivity index (χ1v) is 20.3. The first-order valence-electron chi connectivity index (χ1n) is 19.5. The van der Waals surface area contributed by atoms with E-state index in [9.17, 15) is 28.0 Å². The van der Waals surface area contributed by atoms with Crippen molar-refractivity contribution in [1.29, 1.82) is 0 Å². The summed E-state index contributed by atoms with van der Waals surface area (Å²) in [5.41, 5.74) is 2.12. The Morgan fingerprint density at radius 3 is 1.52 bits per heavy atom. The van der Waals surface area contributed by atoms with Crippen LogP contribution in [-0.2, 0) is 13.1 Å². The van der Waals surface area contributed by atoms with E-state index in [1.54, 1.807) is 42.5 Å². The van der Waals surface area contributed by atoms with Crippen molar-refractivity contribution in [2.45, 2.75) is 25.3 Å². The molecule has 2 saturated heterocycles. The van der Waals surface area contributed by atoms with Gasteiger partial charge in [-0.2, -0.15) is 0 Å². The minimum atomic E-state index is -1.07. The number of carboxylic acids is 2. The minimum absolute atomic E-state index is 0.0641. The van der Waals surface area contributed by atoms with Gasteiger partial charge < -0.3 is 40.1 Å². The molecule has 64 heavy (non-hydrogen) atoms. The summed E-state index contributed by atoms with van der Waals surface area (Å²) in [6.45, 7) is 2.25. The van der Waals surface area contributed by atoms with Gasteiger partial charge in [0.1, 0.15) is 47.0 Å². The van der Waals surface area contributed by atoms with E-state index in [0.29, 0.717) is 76.2 Å². The van der Waals surface area contributed by atoms with Gasteiger partial charge in [0.15, 0.2) is 0 Å². The number of benzene rings is 3. The van der Waals surface area contributed by atoms with Crippen molar-refractivity contribution >= 4 is 58.6 Å². The molecule has 0 unspecified atom stereocenters. The predicted octanol–water partition coefficient (Wildman–Crippen LogP) is 6.93. The summed E-state index contributed by atoms with van der Waals surface area (Å²) in [4.78, 5) is 63.9. The molecule has 0 radical (unpaired) electrons. The number of carbonyl (C=O) groups is 4. The third-order valence-electron chi connectivity index (χ3n) is 9.80. The van der Waals surface area contributed by atoms with Crippen molar-refractivity contribution in [1.82, 2.24) is 25.6 Å². The molecule has 5 heterocycles. The van der Waals surface area contributed by atoms with E-state index in [1.165, 1.54) is 73.2 Å². The number of ether oxygens (including phenoxy) is 2. The molecule has 3 aromatic heterocycles. The van der Waals surface area contributed by atoms with Crippen LogP contribution in [0.2, 0.25) is 10.0 Å². The van der Waals surface area contributed by atoms with Crippen molar-refractivity contribution in [2.75, 3.05) is 36.0 Å². The third-order valence-corrected chi connectivity index (χ3v) is 10.2. The number of halogens is 4. The molecule has 2 aliphatic rings. The van der Waals surface area contributed by atoms with E-state index < -0.39 is 17.8 Å². The Hall–Kier alpha value is -7.37. The highest BCUT2D eigenvalue weighted by molar-refractivity contribution is 6.31. The van der Waals surface area contributed by atoms with Gasteiger partial charge in [0.25, 0.3) is 11.8 Å². The maximum atomic E-state index is 13.3. The molecule has 328 valence electrons. The van der Waals surface area contributed by atoms with Crippen LogP contribution in [0.3, 0.4) is 0 Å². The second-order valence-electron chi connectivity index (χ2n) is 14.5. The van der Waals surface area contributed by atoms with Crippen molar-refractivity contribution in [3.05, 3.63) is 171 Å². The van der Waals surface area contributed by atoms with Gasteiger partial charge in [-0.05, 0) is 66.2 Å². The molecule has 6 aromatic rings. The molecule has 2 aliphatic heterocycles. The van der Waals surface area contributed by atoms with Crippen LogP contribution in [-0.4, -0.2) is 87.3 Å². The van der Waals surface area contributed by atoms with Crippen molar-refractivity contribution in [2.24, 2.45) is 0 Å². The summed E-state index contributed by atoms with van der Waals surface area (Å²) in [5, 5.41) is 24.1. The van der Waals surface area contributed by atoms with Gasteiger partial charge in [0.2, 0.25) is 0 Å². The van der Waals surface area contributed by atoms with Crippen LogP contribution in [0.4, 0.5) is 20.4 Å². The molecule has 8 rings (SSSR count). The Bertz CT molecular complexity index is 2490. The largest absolute Gasteiger partial charge is 0.487 e. The second-order valence-corrected chi connectivity index (χ2v) is 15.3. The van der Waals surface area contributed by atoms with Crippen molar-refractivity contribution in [3.63, 3.8) is 0 Å². The zero-order chi connectivity index (χ0) is 45.3. The van der Waals surface area contributed by atoms with Crippen LogP contribution in [0.15, 0.2) is 116 Å². The Morgan fingerprint density at radius 1 is 0.609 bits per heavy atom. The number of aromatic carboxylic acids is 2. The smallest absolute Gasteiger partial charge is 0.337 e. The Labute approximate surface area is 374 Å². The molecule has 0 bridgehead atoms. The number of rotatable bonds is 14. The standard InChI is InChI=1S/C23H19ClFN3O4.C22H18ClFN4O4/c24-16-8-20(22(29)27-10-14-4-6-15(7-5-14)23(30)31)21(26-11-16)28-12-19(13-28)32-18-3-1-2-17(25)9-18;23-14-6-19(21(29)27-10-16-5-4-13(8-25-16)22(30)31)20(26-9-14)28-11-18(12-28)32-17-3-1-2-15(24)7-17/h1-9,11,19H,10,12-13H2,(H,27,29)(H,30,31);1-9,18H,10-12H2,(H,27,29)(H,30,31). The highest BCUT2D eigenvalue weighted by Crippen LogP contribution is 2.29. The van der Waals surface area contributed by atoms with Crippen molar-refractivity contribution in [3.8, 4) is 11.5 Å². The average Bonchev–Trinajstić information content (AvgIpc) is 3.25. The molecule has 0 aliphatic carbocycles. The minimum Gasteiger partial charge on any atom is -0.487 e. The molecule has 0 atom stereocenters. The van der Waals surface area contributed by atoms with Crippen LogP contribution >= 0.6 is 23.2 Å². The van der Waals surface area contributed by atoms with E-state index in [-0.39, 0.29) is 54.0 Å². The fourth-order valence-electron chi connectivity index (χ4n) is 6.50. The van der Waals surface area contributed by atoms with Crippen LogP contribution < -0.4 is 29.9 Å². The first-order chi connectivity index (χ1) is 30.8. The van der Waals surface area contributed by atoms with Crippen LogP contribution in [0.25, 0.3) is 0 Å². The van der Waals surface area contributed by atoms with Gasteiger partial charge in [-0.25, -0.2) is 28.3 Å². The molecular formula is C45H37Cl2F2N7O8. The van der Waals surface area contributed by atoms with E-state index in [0.717, 1.165) is 5.56 Å². The molecule has 2 fully saturated rings. The van der Waals surface area contributed by atoms with Gasteiger partial charge >= 0.3 is 11.9 Å². The quantitative estimate of drug-likeness (QED) is 0.0879. The van der Waals surface area contributed by atoms with Gasteiger partial charge in [-0.3, -0.25) is 14.6 Å². The molecule has 15 nitrogen and oxygen atoms in total. The highest BCUT2D eigenvalue weighted by Gasteiger charge is 2.34. The number of hydrogen-bond acceptors (Lipinski definition) is 11. The SMILES string of the molecule is O=C(O)c1ccc(CNC(=O)c2cc(Cl)cnc2N2CC(Oc3cccc(F)c3)C2)cc1.O=C(O)c1ccc(CNC(=O)c2cc(Cl)cnc2N2CC(Oc3cccc(F)c3)C2)nc1. The third kappa shape index (κ3) is 11.6. The summed E-state index contributed by atoms with van der Waals surface area (Å²) in [6.07, 6.45) is 3.84. The zero-order valence-corrected chi connectivity index (χ0v) is 35.0. The predicted molar refractivity (Wildman–Crippen MR) is 231 cm³/mol. The second kappa shape index (κ2) is 20.2. The number of carboxylic acid groups (broad SMARTS) is 2. The number of aromatic nitrogens is 3. The number of nitrogens with zero attached hydrogens (tertiary/aromatic N) is 5. The molecule has 0 spiro atoms. The number of anilines is 2. The molecular weight excluding hydrogens is 875 g/mol. The summed E-state index contributed by atoms with van der Waals surface area (Å²) in [6, 6.07) is 24.1.